The predicted molar refractivity (Wildman–Crippen MR) is 74.8 cm³/mol. The van der Waals surface area contributed by atoms with Crippen LogP contribution in [0.2, 0.25) is 0 Å². The lowest BCUT2D eigenvalue weighted by molar-refractivity contribution is 0.0779. The third-order valence-electron chi connectivity index (χ3n) is 3.39. The van der Waals surface area contributed by atoms with Gasteiger partial charge in [-0.05, 0) is 59.2 Å². The van der Waals surface area contributed by atoms with Crippen molar-refractivity contribution in [2.45, 2.75) is 45.8 Å². The van der Waals surface area contributed by atoms with Crippen LogP contribution in [0.25, 0.3) is 0 Å². The van der Waals surface area contributed by atoms with Crippen LogP contribution in [-0.4, -0.2) is 61.5 Å². The average Bonchev–Trinajstić information content (AvgIpc) is 2.30. The summed E-state index contributed by atoms with van der Waals surface area (Å²) in [6.45, 7) is 11.9. The molecule has 1 saturated heterocycles. The van der Waals surface area contributed by atoms with Crippen LogP contribution in [0.3, 0.4) is 0 Å². The molecule has 0 spiro atoms. The van der Waals surface area contributed by atoms with Crippen molar-refractivity contribution in [1.29, 1.82) is 0 Å². The van der Waals surface area contributed by atoms with Crippen LogP contribution in [0.1, 0.15) is 33.6 Å². The first kappa shape index (κ1) is 15.9. The zero-order chi connectivity index (χ0) is 13.4. The van der Waals surface area contributed by atoms with Crippen LogP contribution < -0.4 is 5.32 Å². The number of piperidine rings is 1. The van der Waals surface area contributed by atoms with Crippen molar-refractivity contribution in [1.82, 2.24) is 10.2 Å². The first-order chi connectivity index (χ1) is 8.58. The minimum absolute atomic E-state index is 0.201. The van der Waals surface area contributed by atoms with Crippen LogP contribution in [0, 0.1) is 5.92 Å². The molecule has 0 radical (unpaired) electrons. The highest BCUT2D eigenvalue weighted by atomic mass is 16.5. The average molecular weight is 258 g/mol. The second-order valence-electron chi connectivity index (χ2n) is 5.72. The molecule has 0 aromatic rings. The highest BCUT2D eigenvalue weighted by Crippen LogP contribution is 2.16. The Balaban J connectivity index is 1.98. The van der Waals surface area contributed by atoms with Crippen LogP contribution in [-0.2, 0) is 4.74 Å². The SMILES string of the molecule is CC(C)OCCNCC1CCN(C[C@@H](C)O)CC1. The molecule has 0 aromatic carbocycles. The molecule has 1 fully saturated rings. The summed E-state index contributed by atoms with van der Waals surface area (Å²) in [7, 11) is 0. The lowest BCUT2D eigenvalue weighted by Gasteiger charge is -2.32. The largest absolute Gasteiger partial charge is 0.392 e. The van der Waals surface area contributed by atoms with Crippen LogP contribution in [0.15, 0.2) is 0 Å². The van der Waals surface area contributed by atoms with E-state index in [2.05, 4.69) is 24.1 Å². The van der Waals surface area contributed by atoms with E-state index in [1.165, 1.54) is 12.8 Å². The number of hydrogen-bond donors (Lipinski definition) is 2. The summed E-state index contributed by atoms with van der Waals surface area (Å²) in [6.07, 6.45) is 2.61. The number of rotatable bonds is 8. The van der Waals surface area contributed by atoms with E-state index < -0.39 is 0 Å². The Morgan fingerprint density at radius 2 is 1.94 bits per heavy atom. The van der Waals surface area contributed by atoms with Gasteiger partial charge in [0.15, 0.2) is 0 Å². The van der Waals surface area contributed by atoms with E-state index in [0.29, 0.717) is 6.10 Å². The zero-order valence-corrected chi connectivity index (χ0v) is 12.2. The molecule has 0 bridgehead atoms. The van der Waals surface area contributed by atoms with E-state index in [1.807, 2.05) is 6.92 Å². The maximum atomic E-state index is 9.35. The summed E-state index contributed by atoms with van der Waals surface area (Å²) in [4.78, 5) is 2.36. The van der Waals surface area contributed by atoms with Crippen molar-refractivity contribution < 1.29 is 9.84 Å². The van der Waals surface area contributed by atoms with Crippen molar-refractivity contribution in [2.24, 2.45) is 5.92 Å². The van der Waals surface area contributed by atoms with Crippen molar-refractivity contribution in [3.05, 3.63) is 0 Å². The van der Waals surface area contributed by atoms with Gasteiger partial charge >= 0.3 is 0 Å². The molecule has 4 nitrogen and oxygen atoms in total. The smallest absolute Gasteiger partial charge is 0.0639 e. The minimum Gasteiger partial charge on any atom is -0.392 e. The molecule has 0 aliphatic carbocycles. The van der Waals surface area contributed by atoms with Gasteiger partial charge in [0.25, 0.3) is 0 Å². The molecule has 1 rings (SSSR count). The molecule has 0 aromatic heterocycles. The van der Waals surface area contributed by atoms with E-state index in [-0.39, 0.29) is 6.10 Å². The normalized spacial score (nSPS) is 20.5. The fourth-order valence-corrected chi connectivity index (χ4v) is 2.42. The number of aliphatic hydroxyl groups excluding tert-OH is 1. The number of aliphatic hydroxyl groups is 1. The van der Waals surface area contributed by atoms with Crippen molar-refractivity contribution in [2.75, 3.05) is 39.3 Å². The Kier molecular flexibility index (Phi) is 7.82. The van der Waals surface area contributed by atoms with Gasteiger partial charge in [-0.2, -0.15) is 0 Å². The Morgan fingerprint density at radius 3 is 2.50 bits per heavy atom. The Morgan fingerprint density at radius 1 is 1.28 bits per heavy atom. The van der Waals surface area contributed by atoms with E-state index >= 15 is 0 Å². The summed E-state index contributed by atoms with van der Waals surface area (Å²) in [6, 6.07) is 0. The molecular formula is C14H30N2O2. The fraction of sp³-hybridized carbons (Fsp3) is 1.00. The summed E-state index contributed by atoms with van der Waals surface area (Å²) >= 11 is 0. The minimum atomic E-state index is -0.201. The Bertz CT molecular complexity index is 202. The third kappa shape index (κ3) is 7.31. The van der Waals surface area contributed by atoms with Gasteiger partial charge in [-0.3, -0.25) is 0 Å². The molecule has 1 aliphatic rings. The lowest BCUT2D eigenvalue weighted by Crippen LogP contribution is -2.40. The summed E-state index contributed by atoms with van der Waals surface area (Å²) < 4.78 is 5.49. The molecule has 0 amide bonds. The number of β-amino-alcohol motifs (C(OH)–C–C–N with tert-alkyl or cyclic N) is 1. The Labute approximate surface area is 112 Å². The first-order valence-electron chi connectivity index (χ1n) is 7.30. The second-order valence-corrected chi connectivity index (χ2v) is 5.72. The molecule has 108 valence electrons. The molecule has 1 atom stereocenters. The molecule has 0 saturated carbocycles. The summed E-state index contributed by atoms with van der Waals surface area (Å²) in [5.74, 6) is 0.786. The van der Waals surface area contributed by atoms with Crippen LogP contribution in [0.5, 0.6) is 0 Å². The molecule has 2 N–H and O–H groups in total. The van der Waals surface area contributed by atoms with Gasteiger partial charge in [-0.15, -0.1) is 0 Å². The number of likely N-dealkylation sites (tertiary alicyclic amines) is 1. The van der Waals surface area contributed by atoms with E-state index in [4.69, 9.17) is 4.74 Å². The van der Waals surface area contributed by atoms with Crippen molar-refractivity contribution >= 4 is 0 Å². The van der Waals surface area contributed by atoms with Gasteiger partial charge in [0.2, 0.25) is 0 Å². The van der Waals surface area contributed by atoms with E-state index in [0.717, 1.165) is 45.2 Å². The maximum absolute atomic E-state index is 9.35. The van der Waals surface area contributed by atoms with E-state index in [1.54, 1.807) is 0 Å². The summed E-state index contributed by atoms with van der Waals surface area (Å²) in [5.41, 5.74) is 0. The van der Waals surface area contributed by atoms with Gasteiger partial charge in [0, 0.05) is 13.1 Å². The van der Waals surface area contributed by atoms with Crippen molar-refractivity contribution in [3.8, 4) is 0 Å². The second kappa shape index (κ2) is 8.86. The van der Waals surface area contributed by atoms with Gasteiger partial charge in [-0.25, -0.2) is 0 Å². The first-order valence-corrected chi connectivity index (χ1v) is 7.30. The van der Waals surface area contributed by atoms with E-state index in [9.17, 15) is 5.11 Å². The standard InChI is InChI=1S/C14H30N2O2/c1-12(2)18-9-6-15-10-14-4-7-16(8-5-14)11-13(3)17/h12-15,17H,4-11H2,1-3H3/t13-/m1/s1. The monoisotopic (exact) mass is 258 g/mol. The molecule has 0 unspecified atom stereocenters. The topological polar surface area (TPSA) is 44.7 Å². The van der Waals surface area contributed by atoms with Crippen molar-refractivity contribution in [3.63, 3.8) is 0 Å². The number of nitrogens with one attached hydrogen (secondary N) is 1. The lowest BCUT2D eigenvalue weighted by atomic mass is 9.96. The van der Waals surface area contributed by atoms with Gasteiger partial charge < -0.3 is 20.1 Å². The maximum Gasteiger partial charge on any atom is 0.0639 e. The molecule has 1 heterocycles. The highest BCUT2D eigenvalue weighted by Gasteiger charge is 2.19. The number of ether oxygens (including phenoxy) is 1. The van der Waals surface area contributed by atoms with Crippen LogP contribution >= 0.6 is 0 Å². The third-order valence-corrected chi connectivity index (χ3v) is 3.39. The zero-order valence-electron chi connectivity index (χ0n) is 12.2. The van der Waals surface area contributed by atoms with Crippen LogP contribution in [0.4, 0.5) is 0 Å². The molecule has 18 heavy (non-hydrogen) atoms. The molecular weight excluding hydrogens is 228 g/mol. The van der Waals surface area contributed by atoms with Gasteiger partial charge in [0.1, 0.15) is 0 Å². The highest BCUT2D eigenvalue weighted by molar-refractivity contribution is 4.74. The molecule has 1 aliphatic heterocycles. The number of nitrogens with zero attached hydrogens (tertiary/aromatic N) is 1. The fourth-order valence-electron chi connectivity index (χ4n) is 2.42. The summed E-state index contributed by atoms with van der Waals surface area (Å²) in [5, 5.41) is 12.8. The van der Waals surface area contributed by atoms with Gasteiger partial charge in [0.05, 0.1) is 18.8 Å². The van der Waals surface area contributed by atoms with Gasteiger partial charge in [-0.1, -0.05) is 0 Å². The quantitative estimate of drug-likeness (QED) is 0.640. The number of hydrogen-bond acceptors (Lipinski definition) is 4. The predicted octanol–water partition coefficient (Wildman–Crippen LogP) is 1.09. The molecule has 4 heteroatoms. The Hall–Kier alpha value is -0.160.